The lowest BCUT2D eigenvalue weighted by molar-refractivity contribution is 0.218. The van der Waals surface area contributed by atoms with Crippen molar-refractivity contribution >= 4 is 55.1 Å². The van der Waals surface area contributed by atoms with Crippen LogP contribution in [-0.2, 0) is 10.0 Å². The number of likely N-dealkylation sites (tertiary alicyclic amines) is 1. The van der Waals surface area contributed by atoms with Gasteiger partial charge in [0, 0.05) is 42.2 Å². The van der Waals surface area contributed by atoms with Crippen LogP contribution in [0.4, 0.5) is 21.3 Å². The molecular weight excluding hydrogens is 528 g/mol. The van der Waals surface area contributed by atoms with E-state index in [-0.39, 0.29) is 23.0 Å². The number of fused-ring (bicyclic) bond motifs is 2. The maximum Gasteiger partial charge on any atom is 0.329 e. The van der Waals surface area contributed by atoms with E-state index in [1.54, 1.807) is 36.4 Å². The van der Waals surface area contributed by atoms with Gasteiger partial charge in [0.1, 0.15) is 0 Å². The molecule has 4 aromatic rings. The molecule has 4 heterocycles. The average molecular weight is 555 g/mol. The van der Waals surface area contributed by atoms with Gasteiger partial charge in [-0.25, -0.2) is 22.2 Å². The SMILES string of the molecule is COc1nsc(NC(=O)N2C[C@H]3CC(Nc4c(N)cnc5c4ccn5S(=O)(=O)c4ccccc4)C[C@H]3C2)n1. The number of nitrogens with zero attached hydrogens (tertiary/aromatic N) is 5. The first kappa shape index (κ1) is 24.4. The molecule has 1 aliphatic heterocycles. The third-order valence-corrected chi connectivity index (χ3v) is 9.49. The summed E-state index contributed by atoms with van der Waals surface area (Å²) in [5.41, 5.74) is 7.75. The van der Waals surface area contributed by atoms with Crippen molar-refractivity contribution in [2.45, 2.75) is 23.8 Å². The van der Waals surface area contributed by atoms with Crippen molar-refractivity contribution in [2.24, 2.45) is 11.8 Å². The van der Waals surface area contributed by atoms with Gasteiger partial charge in [-0.2, -0.15) is 4.98 Å². The molecule has 3 atom stereocenters. The van der Waals surface area contributed by atoms with Gasteiger partial charge in [-0.1, -0.05) is 18.2 Å². The molecule has 4 N–H and O–H groups in total. The second-order valence-electron chi connectivity index (χ2n) is 9.51. The summed E-state index contributed by atoms with van der Waals surface area (Å²) >= 11 is 1.08. The van der Waals surface area contributed by atoms with Gasteiger partial charge in [0.25, 0.3) is 10.0 Å². The van der Waals surface area contributed by atoms with Gasteiger partial charge in [-0.05, 0) is 42.9 Å². The summed E-state index contributed by atoms with van der Waals surface area (Å²) in [6, 6.07) is 10.2. The molecule has 198 valence electrons. The smallest absolute Gasteiger partial charge is 0.329 e. The highest BCUT2D eigenvalue weighted by Gasteiger charge is 2.42. The predicted octanol–water partition coefficient (Wildman–Crippen LogP) is 3.07. The summed E-state index contributed by atoms with van der Waals surface area (Å²) in [5.74, 6) is 0.702. The zero-order valence-corrected chi connectivity index (χ0v) is 22.1. The van der Waals surface area contributed by atoms with Crippen LogP contribution in [0.25, 0.3) is 11.0 Å². The van der Waals surface area contributed by atoms with Gasteiger partial charge < -0.3 is 20.7 Å². The fourth-order valence-corrected chi connectivity index (χ4v) is 7.30. The Morgan fingerprint density at radius 1 is 1.16 bits per heavy atom. The van der Waals surface area contributed by atoms with E-state index >= 15 is 0 Å². The topological polar surface area (TPSA) is 157 Å². The Hall–Kier alpha value is -3.91. The summed E-state index contributed by atoms with van der Waals surface area (Å²) in [6.45, 7) is 1.30. The normalized spacial score (nSPS) is 21.0. The van der Waals surface area contributed by atoms with Crippen LogP contribution in [0, 0.1) is 11.8 Å². The largest absolute Gasteiger partial charge is 0.466 e. The zero-order valence-electron chi connectivity index (χ0n) is 20.4. The summed E-state index contributed by atoms with van der Waals surface area (Å²) in [5, 5.41) is 7.40. The molecule has 3 aromatic heterocycles. The maximum atomic E-state index is 13.2. The Bertz CT molecular complexity index is 1590. The first-order chi connectivity index (χ1) is 18.3. The van der Waals surface area contributed by atoms with Crippen molar-refractivity contribution < 1.29 is 17.9 Å². The third kappa shape index (κ3) is 4.28. The van der Waals surface area contributed by atoms with E-state index in [1.807, 2.05) is 4.90 Å². The Morgan fingerprint density at radius 2 is 1.89 bits per heavy atom. The van der Waals surface area contributed by atoms with Gasteiger partial charge in [0.05, 0.1) is 29.6 Å². The molecule has 14 heteroatoms. The van der Waals surface area contributed by atoms with Crippen LogP contribution in [0.2, 0.25) is 0 Å². The van der Waals surface area contributed by atoms with Crippen LogP contribution in [0.5, 0.6) is 6.01 Å². The Labute approximate surface area is 223 Å². The molecule has 0 radical (unpaired) electrons. The van der Waals surface area contributed by atoms with Crippen molar-refractivity contribution in [1.82, 2.24) is 23.2 Å². The van der Waals surface area contributed by atoms with Crippen molar-refractivity contribution in [2.75, 3.05) is 36.6 Å². The predicted molar refractivity (Wildman–Crippen MR) is 144 cm³/mol. The number of carbonyl (C=O) groups excluding carboxylic acids is 1. The van der Waals surface area contributed by atoms with E-state index < -0.39 is 10.0 Å². The minimum atomic E-state index is -3.80. The van der Waals surface area contributed by atoms with Gasteiger partial charge in [-0.3, -0.25) is 5.32 Å². The molecule has 1 saturated heterocycles. The highest BCUT2D eigenvalue weighted by Crippen LogP contribution is 2.41. The fraction of sp³-hybridized carbons (Fsp3) is 0.333. The maximum absolute atomic E-state index is 13.2. The highest BCUT2D eigenvalue weighted by molar-refractivity contribution is 7.90. The van der Waals surface area contributed by atoms with E-state index in [0.717, 1.165) is 24.4 Å². The van der Waals surface area contributed by atoms with Gasteiger partial charge in [0.2, 0.25) is 5.13 Å². The Kier molecular flexibility index (Phi) is 6.07. The second-order valence-corrected chi connectivity index (χ2v) is 12.1. The van der Waals surface area contributed by atoms with Crippen molar-refractivity contribution in [3.05, 3.63) is 48.8 Å². The number of hydrogen-bond acceptors (Lipinski definition) is 10. The molecule has 2 aliphatic rings. The van der Waals surface area contributed by atoms with E-state index in [4.69, 9.17) is 10.5 Å². The number of urea groups is 1. The number of hydrogen-bond donors (Lipinski definition) is 3. The number of aromatic nitrogens is 4. The molecular formula is C24H26N8O4S2. The number of methoxy groups -OCH3 is 1. The van der Waals surface area contributed by atoms with E-state index in [0.29, 0.717) is 52.5 Å². The lowest BCUT2D eigenvalue weighted by Crippen LogP contribution is -2.34. The standard InChI is InChI=1S/C24H26N8O4S2/c1-36-22-28-23(37-30-22)29-24(33)31-12-14-9-16(10-15(14)13-31)27-20-18-7-8-32(21(18)26-11-19(20)25)38(34,35)17-5-3-2-4-6-17/h2-8,11,14-16H,9-10,12-13,25H2,1H3,(H,26,27)(H,28,29,30,33)/t14-,15+,16?. The van der Waals surface area contributed by atoms with Crippen LogP contribution < -0.4 is 21.1 Å². The zero-order chi connectivity index (χ0) is 26.4. The van der Waals surface area contributed by atoms with Gasteiger partial charge >= 0.3 is 12.0 Å². The number of amides is 2. The number of rotatable bonds is 6. The monoisotopic (exact) mass is 554 g/mol. The number of anilines is 3. The first-order valence-corrected chi connectivity index (χ1v) is 14.3. The van der Waals surface area contributed by atoms with Gasteiger partial charge in [0.15, 0.2) is 5.65 Å². The molecule has 1 aromatic carbocycles. The second kappa shape index (κ2) is 9.44. The molecule has 2 amide bonds. The summed E-state index contributed by atoms with van der Waals surface area (Å²) < 4.78 is 36.6. The fourth-order valence-electron chi connectivity index (χ4n) is 5.44. The molecule has 12 nitrogen and oxygen atoms in total. The number of benzene rings is 1. The minimum Gasteiger partial charge on any atom is -0.466 e. The summed E-state index contributed by atoms with van der Waals surface area (Å²) in [6.07, 6.45) is 4.74. The van der Waals surface area contributed by atoms with Crippen LogP contribution in [0.3, 0.4) is 0 Å². The number of pyridine rings is 1. The highest BCUT2D eigenvalue weighted by atomic mass is 32.2. The summed E-state index contributed by atoms with van der Waals surface area (Å²) in [7, 11) is -2.32. The molecule has 1 aliphatic carbocycles. The van der Waals surface area contributed by atoms with Crippen molar-refractivity contribution in [1.29, 1.82) is 0 Å². The lowest BCUT2D eigenvalue weighted by atomic mass is 10.0. The lowest BCUT2D eigenvalue weighted by Gasteiger charge is -2.21. The van der Waals surface area contributed by atoms with E-state index in [2.05, 4.69) is 25.0 Å². The molecule has 6 rings (SSSR count). The Balaban J connectivity index is 1.15. The molecule has 2 fully saturated rings. The van der Waals surface area contributed by atoms with Crippen molar-refractivity contribution in [3.63, 3.8) is 0 Å². The number of ether oxygens (including phenoxy) is 1. The molecule has 1 unspecified atom stereocenters. The van der Waals surface area contributed by atoms with Gasteiger partial charge in [-0.15, -0.1) is 4.37 Å². The third-order valence-electron chi connectivity index (χ3n) is 7.20. The number of nitrogen functional groups attached to an aromatic ring is 1. The molecule has 1 saturated carbocycles. The molecule has 0 spiro atoms. The number of carbonyl (C=O) groups is 1. The Morgan fingerprint density at radius 3 is 2.58 bits per heavy atom. The molecule has 0 bridgehead atoms. The van der Waals surface area contributed by atoms with Crippen molar-refractivity contribution in [3.8, 4) is 6.01 Å². The quantitative estimate of drug-likeness (QED) is 0.326. The van der Waals surface area contributed by atoms with Crippen LogP contribution >= 0.6 is 11.5 Å². The molecule has 38 heavy (non-hydrogen) atoms. The van der Waals surface area contributed by atoms with Crippen LogP contribution in [0.1, 0.15) is 12.8 Å². The number of nitrogens with one attached hydrogen (secondary N) is 2. The average Bonchev–Trinajstić information content (AvgIpc) is 3.69. The number of nitrogens with two attached hydrogens (primary N) is 1. The van der Waals surface area contributed by atoms with E-state index in [1.165, 1.54) is 23.5 Å². The first-order valence-electron chi connectivity index (χ1n) is 12.1. The van der Waals surface area contributed by atoms with Crippen LogP contribution in [-0.4, -0.2) is 63.9 Å². The minimum absolute atomic E-state index is 0.143. The van der Waals surface area contributed by atoms with E-state index in [9.17, 15) is 13.2 Å². The summed E-state index contributed by atoms with van der Waals surface area (Å²) in [4.78, 5) is 23.2. The van der Waals surface area contributed by atoms with Crippen LogP contribution in [0.15, 0.2) is 53.7 Å².